The molecular formula is C17H11Cl2NO3S. The lowest BCUT2D eigenvalue weighted by Crippen LogP contribution is -2.27. The zero-order valence-electron chi connectivity index (χ0n) is 12.2. The zero-order chi connectivity index (χ0) is 17.3. The fraction of sp³-hybridized carbons (Fsp3) is 0.0588. The number of benzene rings is 2. The van der Waals surface area contributed by atoms with E-state index in [1.807, 2.05) is 0 Å². The molecule has 0 unspecified atom stereocenters. The summed E-state index contributed by atoms with van der Waals surface area (Å²) in [5.41, 5.74) is 1.36. The third-order valence-electron chi connectivity index (χ3n) is 3.37. The zero-order valence-corrected chi connectivity index (χ0v) is 14.5. The van der Waals surface area contributed by atoms with Crippen molar-refractivity contribution in [1.29, 1.82) is 0 Å². The third-order valence-corrected chi connectivity index (χ3v) is 5.01. The van der Waals surface area contributed by atoms with Gasteiger partial charge in [-0.3, -0.25) is 14.5 Å². The highest BCUT2D eigenvalue weighted by Crippen LogP contribution is 2.34. The lowest BCUT2D eigenvalue weighted by molar-refractivity contribution is -0.123. The molecule has 24 heavy (non-hydrogen) atoms. The Kier molecular flexibility index (Phi) is 4.85. The second-order valence-electron chi connectivity index (χ2n) is 5.11. The summed E-state index contributed by atoms with van der Waals surface area (Å²) in [5, 5.41) is 9.92. The number of hydrogen-bond acceptors (Lipinski definition) is 4. The lowest BCUT2D eigenvalue weighted by Gasteiger charge is -2.12. The van der Waals surface area contributed by atoms with Gasteiger partial charge in [0.25, 0.3) is 11.1 Å². The SMILES string of the molecule is O=C1SC(=Cc2cccc(O)c2)C(=O)N1Cc1ccc(Cl)c(Cl)c1. The van der Waals surface area contributed by atoms with E-state index in [0.29, 0.717) is 26.1 Å². The maximum absolute atomic E-state index is 12.5. The number of nitrogens with zero attached hydrogens (tertiary/aromatic N) is 1. The second-order valence-corrected chi connectivity index (χ2v) is 6.92. The summed E-state index contributed by atoms with van der Waals surface area (Å²) in [6.45, 7) is 0.124. The van der Waals surface area contributed by atoms with Crippen molar-refractivity contribution in [3.8, 4) is 5.75 Å². The van der Waals surface area contributed by atoms with Crippen molar-refractivity contribution in [1.82, 2.24) is 4.90 Å². The van der Waals surface area contributed by atoms with Crippen molar-refractivity contribution in [3.05, 3.63) is 68.5 Å². The molecule has 0 atom stereocenters. The maximum atomic E-state index is 12.5. The Bertz CT molecular complexity index is 867. The highest BCUT2D eigenvalue weighted by Gasteiger charge is 2.35. The largest absolute Gasteiger partial charge is 0.508 e. The second kappa shape index (κ2) is 6.89. The molecule has 122 valence electrons. The highest BCUT2D eigenvalue weighted by molar-refractivity contribution is 8.18. The van der Waals surface area contributed by atoms with Gasteiger partial charge >= 0.3 is 0 Å². The van der Waals surface area contributed by atoms with Gasteiger partial charge in [0.05, 0.1) is 21.5 Å². The van der Waals surface area contributed by atoms with E-state index in [-0.39, 0.29) is 23.4 Å². The maximum Gasteiger partial charge on any atom is 0.293 e. The van der Waals surface area contributed by atoms with E-state index in [0.717, 1.165) is 16.7 Å². The van der Waals surface area contributed by atoms with Crippen LogP contribution in [0.1, 0.15) is 11.1 Å². The first-order chi connectivity index (χ1) is 11.4. The van der Waals surface area contributed by atoms with Crippen molar-refractivity contribution in [2.45, 2.75) is 6.54 Å². The van der Waals surface area contributed by atoms with Gasteiger partial charge in [0.1, 0.15) is 5.75 Å². The van der Waals surface area contributed by atoms with Crippen LogP contribution in [-0.4, -0.2) is 21.2 Å². The van der Waals surface area contributed by atoms with Gasteiger partial charge in [-0.2, -0.15) is 0 Å². The van der Waals surface area contributed by atoms with Gasteiger partial charge in [-0.1, -0.05) is 41.4 Å². The summed E-state index contributed by atoms with van der Waals surface area (Å²) < 4.78 is 0. The lowest BCUT2D eigenvalue weighted by atomic mass is 10.2. The first-order valence-electron chi connectivity index (χ1n) is 6.92. The number of rotatable bonds is 3. The van der Waals surface area contributed by atoms with E-state index in [9.17, 15) is 14.7 Å². The van der Waals surface area contributed by atoms with E-state index < -0.39 is 0 Å². The molecule has 3 rings (SSSR count). The van der Waals surface area contributed by atoms with Crippen LogP contribution < -0.4 is 0 Å². The molecule has 4 nitrogen and oxygen atoms in total. The summed E-state index contributed by atoms with van der Waals surface area (Å²) in [6.07, 6.45) is 1.58. The molecule has 7 heteroatoms. The molecule has 0 spiro atoms. The van der Waals surface area contributed by atoms with Crippen LogP contribution >= 0.6 is 35.0 Å². The molecule has 0 aromatic heterocycles. The molecule has 2 aromatic carbocycles. The van der Waals surface area contributed by atoms with Crippen LogP contribution in [-0.2, 0) is 11.3 Å². The molecule has 0 radical (unpaired) electrons. The van der Waals surface area contributed by atoms with Crippen molar-refractivity contribution >= 4 is 52.2 Å². The van der Waals surface area contributed by atoms with Gasteiger partial charge in [0, 0.05) is 0 Å². The summed E-state index contributed by atoms with van der Waals surface area (Å²) in [5.74, 6) is -0.279. The quantitative estimate of drug-likeness (QED) is 0.767. The minimum atomic E-state index is -0.376. The van der Waals surface area contributed by atoms with E-state index in [1.165, 1.54) is 12.1 Å². The molecule has 1 saturated heterocycles. The Morgan fingerprint density at radius 3 is 2.58 bits per heavy atom. The Labute approximate surface area is 152 Å². The molecule has 1 heterocycles. The van der Waals surface area contributed by atoms with E-state index in [1.54, 1.807) is 36.4 Å². The number of phenols is 1. The molecule has 2 amide bonds. The molecule has 1 fully saturated rings. The van der Waals surface area contributed by atoms with Gasteiger partial charge in [0.2, 0.25) is 0 Å². The Morgan fingerprint density at radius 1 is 1.08 bits per heavy atom. The number of halogens is 2. The summed E-state index contributed by atoms with van der Waals surface area (Å²) in [6, 6.07) is 11.4. The topological polar surface area (TPSA) is 57.6 Å². The predicted molar refractivity (Wildman–Crippen MR) is 96.1 cm³/mol. The van der Waals surface area contributed by atoms with Gasteiger partial charge in [-0.05, 0) is 53.2 Å². The van der Waals surface area contributed by atoms with Crippen molar-refractivity contribution in [3.63, 3.8) is 0 Å². The molecule has 1 aliphatic rings. The fourth-order valence-electron chi connectivity index (χ4n) is 2.22. The van der Waals surface area contributed by atoms with Crippen LogP contribution in [0.5, 0.6) is 5.75 Å². The Hall–Kier alpha value is -1.95. The van der Waals surface area contributed by atoms with E-state index in [4.69, 9.17) is 23.2 Å². The molecule has 1 N–H and O–H groups in total. The highest BCUT2D eigenvalue weighted by atomic mass is 35.5. The fourth-order valence-corrected chi connectivity index (χ4v) is 3.38. The smallest absolute Gasteiger partial charge is 0.293 e. The van der Waals surface area contributed by atoms with Crippen LogP contribution in [0.25, 0.3) is 6.08 Å². The number of aromatic hydroxyl groups is 1. The van der Waals surface area contributed by atoms with Crippen molar-refractivity contribution < 1.29 is 14.7 Å². The number of imide groups is 1. The first-order valence-corrected chi connectivity index (χ1v) is 8.49. The molecule has 2 aromatic rings. The van der Waals surface area contributed by atoms with Gasteiger partial charge in [-0.25, -0.2) is 0 Å². The first kappa shape index (κ1) is 16.9. The normalized spacial score (nSPS) is 16.2. The van der Waals surface area contributed by atoms with Crippen LogP contribution in [0.2, 0.25) is 10.0 Å². The number of thioether (sulfide) groups is 1. The van der Waals surface area contributed by atoms with Crippen molar-refractivity contribution in [2.24, 2.45) is 0 Å². The van der Waals surface area contributed by atoms with Gasteiger partial charge < -0.3 is 5.11 Å². The molecule has 0 bridgehead atoms. The number of carbonyl (C=O) groups excluding carboxylic acids is 2. The van der Waals surface area contributed by atoms with Crippen LogP contribution in [0.4, 0.5) is 4.79 Å². The average Bonchev–Trinajstić information content (AvgIpc) is 2.78. The monoisotopic (exact) mass is 379 g/mol. The molecule has 0 saturated carbocycles. The Morgan fingerprint density at radius 2 is 1.88 bits per heavy atom. The standard InChI is InChI=1S/C17H11Cl2NO3S/c18-13-5-4-11(7-14(13)19)9-20-16(22)15(24-17(20)23)8-10-2-1-3-12(21)6-10/h1-8,21H,9H2. The average molecular weight is 380 g/mol. The number of carbonyl (C=O) groups is 2. The molecule has 0 aliphatic carbocycles. The molecule has 1 aliphatic heterocycles. The van der Waals surface area contributed by atoms with Crippen molar-refractivity contribution in [2.75, 3.05) is 0 Å². The van der Waals surface area contributed by atoms with Crippen LogP contribution in [0.15, 0.2) is 47.4 Å². The number of phenolic OH excluding ortho intramolecular Hbond substituents is 1. The summed E-state index contributed by atoms with van der Waals surface area (Å²) in [7, 11) is 0. The molecular weight excluding hydrogens is 369 g/mol. The van der Waals surface area contributed by atoms with Crippen LogP contribution in [0.3, 0.4) is 0 Å². The summed E-state index contributed by atoms with van der Waals surface area (Å²) >= 11 is 12.7. The minimum Gasteiger partial charge on any atom is -0.508 e. The number of amides is 2. The van der Waals surface area contributed by atoms with E-state index >= 15 is 0 Å². The van der Waals surface area contributed by atoms with E-state index in [2.05, 4.69) is 0 Å². The Balaban J connectivity index is 1.82. The predicted octanol–water partition coefficient (Wildman–Crippen LogP) is 4.94. The number of hydrogen-bond donors (Lipinski definition) is 1. The van der Waals surface area contributed by atoms with Crippen LogP contribution in [0, 0.1) is 0 Å². The minimum absolute atomic E-state index is 0.0961. The summed E-state index contributed by atoms with van der Waals surface area (Å²) in [4.78, 5) is 26.0. The third kappa shape index (κ3) is 3.59. The van der Waals surface area contributed by atoms with Gasteiger partial charge in [-0.15, -0.1) is 0 Å². The van der Waals surface area contributed by atoms with Gasteiger partial charge in [0.15, 0.2) is 0 Å².